The Bertz CT molecular complexity index is 113. The fourth-order valence-electron chi connectivity index (χ4n) is 0.801. The molecule has 2 N–H and O–H groups in total. The average Bonchev–Trinajstić information content (AvgIpc) is 1.90. The number of nitrogens with one attached hydrogen (secondary N) is 1. The van der Waals surface area contributed by atoms with Crippen molar-refractivity contribution < 1.29 is 8.76 Å². The zero-order valence-corrected chi connectivity index (χ0v) is 5.86. The number of nitrogens with zero attached hydrogens (tertiary/aromatic N) is 1. The fourth-order valence-corrected chi connectivity index (χ4v) is 1.30. The molecule has 0 aromatic heterocycles. The van der Waals surface area contributed by atoms with Gasteiger partial charge in [-0.05, 0) is 0 Å². The molecular weight excluding hydrogens is 140 g/mol. The second-order valence-electron chi connectivity index (χ2n) is 1.91. The van der Waals surface area contributed by atoms with Crippen LogP contribution >= 0.6 is 0 Å². The minimum atomic E-state index is -1.76. The minimum Gasteiger partial charge on any atom is -0.314 e. The molecule has 0 aliphatic carbocycles. The van der Waals surface area contributed by atoms with Gasteiger partial charge in [0.2, 0.25) is 11.3 Å². The van der Waals surface area contributed by atoms with Gasteiger partial charge in [-0.15, -0.1) is 0 Å². The van der Waals surface area contributed by atoms with E-state index in [1.165, 1.54) is 4.31 Å². The first-order valence-corrected chi connectivity index (χ1v) is 3.94. The lowest BCUT2D eigenvalue weighted by molar-refractivity contribution is 0.351. The summed E-state index contributed by atoms with van der Waals surface area (Å²) in [6, 6.07) is 0. The first-order chi connectivity index (χ1) is 4.30. The van der Waals surface area contributed by atoms with Crippen molar-refractivity contribution in [3.63, 3.8) is 0 Å². The molecule has 0 bridgehead atoms. The van der Waals surface area contributed by atoms with Gasteiger partial charge in [0.15, 0.2) is 0 Å². The monoisotopic (exact) mass is 150 g/mol. The van der Waals surface area contributed by atoms with Crippen LogP contribution in [0, 0.1) is 0 Å². The number of hydrogen-bond donors (Lipinski definition) is 2. The summed E-state index contributed by atoms with van der Waals surface area (Å²) in [5, 5.41) is 3.08. The van der Waals surface area contributed by atoms with Crippen LogP contribution in [0.15, 0.2) is 0 Å². The van der Waals surface area contributed by atoms with Crippen LogP contribution in [0.4, 0.5) is 0 Å². The van der Waals surface area contributed by atoms with Crippen LogP contribution in [0.3, 0.4) is 0 Å². The third kappa shape index (κ3) is 2.02. The molecule has 1 unspecified atom stereocenters. The maximum absolute atomic E-state index is 10.4. The lowest BCUT2D eigenvalue weighted by atomic mass is 10.4. The molecule has 1 heterocycles. The van der Waals surface area contributed by atoms with E-state index in [-0.39, 0.29) is 0 Å². The summed E-state index contributed by atoms with van der Waals surface area (Å²) >= 11 is -1.76. The Balaban J connectivity index is 2.31. The first kappa shape index (κ1) is 7.14. The van der Waals surface area contributed by atoms with Crippen molar-refractivity contribution in [3.05, 3.63) is 0 Å². The van der Waals surface area contributed by atoms with Crippen molar-refractivity contribution >= 4 is 11.3 Å². The van der Waals surface area contributed by atoms with E-state index < -0.39 is 11.3 Å². The number of hydrogen-bond acceptors (Lipinski definition) is 2. The van der Waals surface area contributed by atoms with Crippen molar-refractivity contribution in [1.82, 2.24) is 9.62 Å². The standard InChI is InChI=1S/C4H10N2O2S/c7-9(8)6-3-1-5-2-4-6/h5H,1-4H2,(H,7,8). The number of rotatable bonds is 1. The van der Waals surface area contributed by atoms with Gasteiger partial charge in [-0.25, -0.2) is 4.21 Å². The maximum atomic E-state index is 10.4. The molecular formula is C4H10N2O2S. The highest BCUT2D eigenvalue weighted by molar-refractivity contribution is 7.76. The molecule has 5 heteroatoms. The van der Waals surface area contributed by atoms with Crippen molar-refractivity contribution in [2.24, 2.45) is 0 Å². The molecule has 1 aliphatic rings. The molecule has 54 valence electrons. The minimum absolute atomic E-state index is 0.670. The van der Waals surface area contributed by atoms with Gasteiger partial charge in [0.1, 0.15) is 0 Å². The van der Waals surface area contributed by atoms with Gasteiger partial charge in [0.05, 0.1) is 0 Å². The van der Waals surface area contributed by atoms with Gasteiger partial charge in [-0.1, -0.05) is 0 Å². The molecule has 1 aliphatic heterocycles. The molecule has 0 aromatic rings. The average molecular weight is 150 g/mol. The van der Waals surface area contributed by atoms with Crippen molar-refractivity contribution in [1.29, 1.82) is 0 Å². The van der Waals surface area contributed by atoms with E-state index in [1.54, 1.807) is 0 Å². The van der Waals surface area contributed by atoms with Gasteiger partial charge in [-0.2, -0.15) is 4.31 Å². The lowest BCUT2D eigenvalue weighted by Crippen LogP contribution is -2.43. The van der Waals surface area contributed by atoms with E-state index in [2.05, 4.69) is 5.32 Å². The van der Waals surface area contributed by atoms with Crippen LogP contribution in [0.25, 0.3) is 0 Å². The molecule has 9 heavy (non-hydrogen) atoms. The normalized spacial score (nSPS) is 25.9. The highest BCUT2D eigenvalue weighted by atomic mass is 32.2. The topological polar surface area (TPSA) is 52.6 Å². The molecule has 0 saturated carbocycles. The molecule has 0 amide bonds. The van der Waals surface area contributed by atoms with Crippen LogP contribution < -0.4 is 5.32 Å². The summed E-state index contributed by atoms with van der Waals surface area (Å²) in [6.07, 6.45) is 0. The van der Waals surface area contributed by atoms with E-state index in [0.29, 0.717) is 13.1 Å². The first-order valence-electron chi connectivity index (χ1n) is 2.87. The second kappa shape index (κ2) is 3.26. The Kier molecular flexibility index (Phi) is 2.59. The predicted octanol–water partition coefficient (Wildman–Crippen LogP) is -0.972. The van der Waals surface area contributed by atoms with Crippen LogP contribution in [-0.4, -0.2) is 39.2 Å². The van der Waals surface area contributed by atoms with Gasteiger partial charge in [-0.3, -0.25) is 4.55 Å². The van der Waals surface area contributed by atoms with E-state index >= 15 is 0 Å². The highest BCUT2D eigenvalue weighted by Gasteiger charge is 2.12. The quantitative estimate of drug-likeness (QED) is 0.473. The molecule has 1 saturated heterocycles. The third-order valence-electron chi connectivity index (χ3n) is 1.30. The molecule has 1 atom stereocenters. The van der Waals surface area contributed by atoms with Crippen LogP contribution in [0.2, 0.25) is 0 Å². The van der Waals surface area contributed by atoms with E-state index in [0.717, 1.165) is 13.1 Å². The zero-order valence-electron chi connectivity index (χ0n) is 5.04. The molecule has 1 rings (SSSR count). The van der Waals surface area contributed by atoms with E-state index in [9.17, 15) is 4.21 Å². The summed E-state index contributed by atoms with van der Waals surface area (Å²) in [6.45, 7) is 2.96. The van der Waals surface area contributed by atoms with Crippen molar-refractivity contribution in [2.75, 3.05) is 26.2 Å². The third-order valence-corrected chi connectivity index (χ3v) is 2.10. The molecule has 4 nitrogen and oxygen atoms in total. The Labute approximate surface area is 56.7 Å². The molecule has 1 fully saturated rings. The van der Waals surface area contributed by atoms with E-state index in [4.69, 9.17) is 4.55 Å². The van der Waals surface area contributed by atoms with Gasteiger partial charge < -0.3 is 5.32 Å². The van der Waals surface area contributed by atoms with E-state index in [1.807, 2.05) is 0 Å². The van der Waals surface area contributed by atoms with Crippen LogP contribution in [-0.2, 0) is 11.3 Å². The van der Waals surface area contributed by atoms with Crippen LogP contribution in [0.5, 0.6) is 0 Å². The summed E-state index contributed by atoms with van der Waals surface area (Å²) in [7, 11) is 0. The molecule has 0 spiro atoms. The fraction of sp³-hybridized carbons (Fsp3) is 1.00. The number of piperazine rings is 1. The predicted molar refractivity (Wildman–Crippen MR) is 35.2 cm³/mol. The smallest absolute Gasteiger partial charge is 0.234 e. The van der Waals surface area contributed by atoms with Gasteiger partial charge in [0, 0.05) is 26.2 Å². The molecule has 0 aromatic carbocycles. The summed E-state index contributed by atoms with van der Waals surface area (Å²) in [4.78, 5) is 0. The van der Waals surface area contributed by atoms with Gasteiger partial charge in [0.25, 0.3) is 0 Å². The molecule has 0 radical (unpaired) electrons. The SMILES string of the molecule is O=S(O)N1CCNCC1. The maximum Gasteiger partial charge on any atom is 0.234 e. The summed E-state index contributed by atoms with van der Waals surface area (Å²) in [5.74, 6) is 0. The Hall–Kier alpha value is 0.0300. The van der Waals surface area contributed by atoms with Gasteiger partial charge >= 0.3 is 0 Å². The van der Waals surface area contributed by atoms with Crippen molar-refractivity contribution in [2.45, 2.75) is 0 Å². The zero-order chi connectivity index (χ0) is 6.69. The highest BCUT2D eigenvalue weighted by Crippen LogP contribution is 1.93. The lowest BCUT2D eigenvalue weighted by Gasteiger charge is -2.22. The Morgan fingerprint density at radius 2 is 2.00 bits per heavy atom. The Morgan fingerprint density at radius 3 is 2.33 bits per heavy atom. The summed E-state index contributed by atoms with van der Waals surface area (Å²) < 4.78 is 20.4. The summed E-state index contributed by atoms with van der Waals surface area (Å²) in [5.41, 5.74) is 0. The Morgan fingerprint density at radius 1 is 1.44 bits per heavy atom. The second-order valence-corrected chi connectivity index (χ2v) is 2.89. The van der Waals surface area contributed by atoms with Crippen molar-refractivity contribution in [3.8, 4) is 0 Å². The van der Waals surface area contributed by atoms with Crippen LogP contribution in [0.1, 0.15) is 0 Å². The largest absolute Gasteiger partial charge is 0.314 e.